The zero-order valence-corrected chi connectivity index (χ0v) is 21.9. The van der Waals surface area contributed by atoms with Crippen LogP contribution in [0.3, 0.4) is 0 Å². The fourth-order valence-electron chi connectivity index (χ4n) is 5.94. The first-order valence-electron chi connectivity index (χ1n) is 13.0. The Balaban J connectivity index is 1.40. The van der Waals surface area contributed by atoms with Crippen molar-refractivity contribution in [2.45, 2.75) is 77.7 Å². The maximum absolute atomic E-state index is 13.5. The first-order valence-corrected chi connectivity index (χ1v) is 13.4. The van der Waals surface area contributed by atoms with E-state index in [4.69, 9.17) is 16.7 Å². The van der Waals surface area contributed by atoms with E-state index < -0.39 is 0 Å². The maximum atomic E-state index is 13.5. The second-order valence-corrected chi connectivity index (χ2v) is 11.7. The molecule has 3 aliphatic rings. The van der Waals surface area contributed by atoms with Gasteiger partial charge >= 0.3 is 0 Å². The molecule has 1 aromatic heterocycles. The number of hydrogen-bond acceptors (Lipinski definition) is 4. The van der Waals surface area contributed by atoms with Gasteiger partial charge in [0.1, 0.15) is 11.6 Å². The highest BCUT2D eigenvalue weighted by Gasteiger charge is 2.45. The van der Waals surface area contributed by atoms with Crippen molar-refractivity contribution in [2.24, 2.45) is 17.8 Å². The lowest BCUT2D eigenvalue weighted by Crippen LogP contribution is -2.31. The minimum Gasteiger partial charge on any atom is -0.341 e. The van der Waals surface area contributed by atoms with Gasteiger partial charge in [0.05, 0.1) is 11.8 Å². The summed E-state index contributed by atoms with van der Waals surface area (Å²) in [5, 5.41) is 13.1. The molecule has 2 aliphatic carbocycles. The largest absolute Gasteiger partial charge is 0.341 e. The van der Waals surface area contributed by atoms with Crippen LogP contribution in [0.15, 0.2) is 18.2 Å². The number of aryl methyl sites for hydroxylation is 1. The van der Waals surface area contributed by atoms with Crippen molar-refractivity contribution >= 4 is 29.1 Å². The molecule has 7 nitrogen and oxygen atoms in total. The molecule has 2 aromatic rings. The Labute approximate surface area is 212 Å². The summed E-state index contributed by atoms with van der Waals surface area (Å²) >= 11 is 6.09. The van der Waals surface area contributed by atoms with Crippen LogP contribution < -0.4 is 5.32 Å². The predicted octanol–water partition coefficient (Wildman–Crippen LogP) is 5.32. The van der Waals surface area contributed by atoms with Gasteiger partial charge in [0.15, 0.2) is 0 Å². The molecule has 0 unspecified atom stereocenters. The molecule has 0 radical (unpaired) electrons. The SMILES string of the molecule is CC(=O)N1C[C@H](C(=O)Nc2ccc(Cl)cc2C)[C@@H](c2nnc(C3CC(CC(C)C)C3)n2C2CC2)C1. The number of aromatic nitrogens is 3. The molecule has 1 saturated heterocycles. The fraction of sp³-hybridized carbons (Fsp3) is 0.630. The van der Waals surface area contributed by atoms with E-state index in [-0.39, 0.29) is 23.7 Å². The average Bonchev–Trinajstić information content (AvgIpc) is 3.35. The minimum atomic E-state index is -0.376. The van der Waals surface area contributed by atoms with Gasteiger partial charge in [0, 0.05) is 42.7 Å². The van der Waals surface area contributed by atoms with Gasteiger partial charge in [0.2, 0.25) is 11.8 Å². The van der Waals surface area contributed by atoms with Crippen LogP contribution in [0.5, 0.6) is 0 Å². The van der Waals surface area contributed by atoms with Crippen molar-refractivity contribution in [1.29, 1.82) is 0 Å². The monoisotopic (exact) mass is 497 g/mol. The van der Waals surface area contributed by atoms with Crippen LogP contribution in [-0.2, 0) is 9.59 Å². The van der Waals surface area contributed by atoms with E-state index in [1.54, 1.807) is 17.9 Å². The lowest BCUT2D eigenvalue weighted by atomic mass is 9.71. The summed E-state index contributed by atoms with van der Waals surface area (Å²) in [5.74, 6) is 3.28. The van der Waals surface area contributed by atoms with Crippen LogP contribution in [0.25, 0.3) is 0 Å². The van der Waals surface area contributed by atoms with E-state index in [0.29, 0.717) is 30.1 Å². The Hall–Kier alpha value is -2.41. The number of nitrogens with one attached hydrogen (secondary N) is 1. The number of rotatable bonds is 7. The van der Waals surface area contributed by atoms with Gasteiger partial charge in [-0.15, -0.1) is 10.2 Å². The average molecular weight is 498 g/mol. The number of carbonyl (C=O) groups is 2. The summed E-state index contributed by atoms with van der Waals surface area (Å²) in [7, 11) is 0. The number of halogens is 1. The molecule has 35 heavy (non-hydrogen) atoms. The smallest absolute Gasteiger partial charge is 0.230 e. The quantitative estimate of drug-likeness (QED) is 0.561. The molecule has 3 fully saturated rings. The molecule has 0 bridgehead atoms. The molecular formula is C27H36ClN5O2. The third-order valence-corrected chi connectivity index (χ3v) is 8.18. The van der Waals surface area contributed by atoms with Crippen LogP contribution in [0.4, 0.5) is 5.69 Å². The number of benzene rings is 1. The van der Waals surface area contributed by atoms with Crippen LogP contribution in [0, 0.1) is 24.7 Å². The molecule has 2 amide bonds. The predicted molar refractivity (Wildman–Crippen MR) is 137 cm³/mol. The Bertz CT molecular complexity index is 1120. The zero-order valence-electron chi connectivity index (χ0n) is 21.1. The van der Waals surface area contributed by atoms with Crippen molar-refractivity contribution in [1.82, 2.24) is 19.7 Å². The summed E-state index contributed by atoms with van der Waals surface area (Å²) in [4.78, 5) is 27.6. The fourth-order valence-corrected chi connectivity index (χ4v) is 6.17. The highest BCUT2D eigenvalue weighted by molar-refractivity contribution is 6.30. The molecular weight excluding hydrogens is 462 g/mol. The summed E-state index contributed by atoms with van der Waals surface area (Å²) in [6, 6.07) is 5.87. The van der Waals surface area contributed by atoms with Gasteiger partial charge in [-0.25, -0.2) is 0 Å². The van der Waals surface area contributed by atoms with E-state index in [1.807, 2.05) is 19.1 Å². The number of anilines is 1. The molecule has 1 aliphatic heterocycles. The number of nitrogens with zero attached hydrogens (tertiary/aromatic N) is 4. The second kappa shape index (κ2) is 9.57. The molecule has 8 heteroatoms. The van der Waals surface area contributed by atoms with Gasteiger partial charge < -0.3 is 14.8 Å². The zero-order chi connectivity index (χ0) is 24.9. The van der Waals surface area contributed by atoms with Gasteiger partial charge in [-0.05, 0) is 74.6 Å². The molecule has 5 rings (SSSR count). The van der Waals surface area contributed by atoms with Gasteiger partial charge in [-0.2, -0.15) is 0 Å². The third-order valence-electron chi connectivity index (χ3n) is 7.95. The van der Waals surface area contributed by atoms with Gasteiger partial charge in [0.25, 0.3) is 0 Å². The summed E-state index contributed by atoms with van der Waals surface area (Å²) in [6.07, 6.45) is 5.87. The van der Waals surface area contributed by atoms with Crippen molar-refractivity contribution in [2.75, 3.05) is 18.4 Å². The van der Waals surface area contributed by atoms with Crippen LogP contribution >= 0.6 is 11.6 Å². The molecule has 2 heterocycles. The Morgan fingerprint density at radius 3 is 2.49 bits per heavy atom. The Kier molecular flexibility index (Phi) is 6.64. The maximum Gasteiger partial charge on any atom is 0.230 e. The molecule has 2 saturated carbocycles. The highest BCUT2D eigenvalue weighted by atomic mass is 35.5. The second-order valence-electron chi connectivity index (χ2n) is 11.3. The van der Waals surface area contributed by atoms with E-state index in [1.165, 1.54) is 19.3 Å². The standard InChI is InChI=1S/C27H36ClN5O2/c1-15(2)9-18-11-19(12-18)25-30-31-26(33(25)21-6-7-21)22-13-32(17(4)34)14-23(22)27(35)29-24-8-5-20(28)10-16(24)3/h5,8,10,15,18-19,21-23H,6-7,9,11-14H2,1-4H3,(H,29,35)/t18?,19?,22-,23-/m0/s1. The van der Waals surface area contributed by atoms with Crippen molar-refractivity contribution in [3.8, 4) is 0 Å². The third kappa shape index (κ3) is 4.97. The Morgan fingerprint density at radius 2 is 1.86 bits per heavy atom. The Morgan fingerprint density at radius 1 is 1.14 bits per heavy atom. The van der Waals surface area contributed by atoms with Crippen LogP contribution in [0.1, 0.15) is 88.0 Å². The van der Waals surface area contributed by atoms with Gasteiger partial charge in [-0.1, -0.05) is 25.4 Å². The summed E-state index contributed by atoms with van der Waals surface area (Å²) < 4.78 is 2.35. The lowest BCUT2D eigenvalue weighted by Gasteiger charge is -2.36. The van der Waals surface area contributed by atoms with Crippen LogP contribution in [0.2, 0.25) is 5.02 Å². The van der Waals surface area contributed by atoms with Crippen LogP contribution in [-0.4, -0.2) is 44.6 Å². The van der Waals surface area contributed by atoms with Crippen molar-refractivity contribution in [3.05, 3.63) is 40.4 Å². The van der Waals surface area contributed by atoms with Crippen molar-refractivity contribution in [3.63, 3.8) is 0 Å². The number of amides is 2. The van der Waals surface area contributed by atoms with E-state index in [2.05, 4.69) is 28.8 Å². The normalized spacial score (nSPS) is 26.2. The van der Waals surface area contributed by atoms with E-state index in [9.17, 15) is 9.59 Å². The van der Waals surface area contributed by atoms with E-state index >= 15 is 0 Å². The number of hydrogen-bond donors (Lipinski definition) is 1. The first kappa shape index (κ1) is 24.3. The van der Waals surface area contributed by atoms with E-state index in [0.717, 1.165) is 47.6 Å². The minimum absolute atomic E-state index is 0.0128. The topological polar surface area (TPSA) is 80.1 Å². The van der Waals surface area contributed by atoms with Crippen molar-refractivity contribution < 1.29 is 9.59 Å². The summed E-state index contributed by atoms with van der Waals surface area (Å²) in [6.45, 7) is 8.97. The highest BCUT2D eigenvalue weighted by Crippen LogP contribution is 2.48. The molecule has 2 atom stereocenters. The number of likely N-dealkylation sites (tertiary alicyclic amines) is 1. The van der Waals surface area contributed by atoms with Gasteiger partial charge in [-0.3, -0.25) is 9.59 Å². The number of carbonyl (C=O) groups excluding carboxylic acids is 2. The molecule has 0 spiro atoms. The lowest BCUT2D eigenvalue weighted by molar-refractivity contribution is -0.128. The molecule has 1 N–H and O–H groups in total. The summed E-state index contributed by atoms with van der Waals surface area (Å²) in [5.41, 5.74) is 1.66. The first-order chi connectivity index (χ1) is 16.7. The molecule has 188 valence electrons. The molecule has 1 aromatic carbocycles.